The summed E-state index contributed by atoms with van der Waals surface area (Å²) in [6.07, 6.45) is 0.116. The SMILES string of the molecule is Cc1ccc(OCCC(=O)OCC(=O)NCC(C)C)cc1. The number of nitrogens with one attached hydrogen (secondary N) is 1. The number of carbonyl (C=O) groups is 2. The molecule has 0 saturated heterocycles. The molecule has 0 aliphatic heterocycles. The van der Waals surface area contributed by atoms with Crippen molar-refractivity contribution in [3.8, 4) is 5.75 Å². The van der Waals surface area contributed by atoms with Gasteiger partial charge in [-0.25, -0.2) is 0 Å². The Kier molecular flexibility index (Phi) is 7.29. The Morgan fingerprint density at radius 1 is 1.19 bits per heavy atom. The van der Waals surface area contributed by atoms with Gasteiger partial charge >= 0.3 is 5.97 Å². The Morgan fingerprint density at radius 2 is 1.86 bits per heavy atom. The van der Waals surface area contributed by atoms with Crippen molar-refractivity contribution in [3.63, 3.8) is 0 Å². The zero-order chi connectivity index (χ0) is 15.7. The zero-order valence-electron chi connectivity index (χ0n) is 12.8. The minimum atomic E-state index is -0.443. The van der Waals surface area contributed by atoms with E-state index in [2.05, 4.69) is 5.32 Å². The fourth-order valence-electron chi connectivity index (χ4n) is 1.47. The smallest absolute Gasteiger partial charge is 0.309 e. The first-order valence-corrected chi connectivity index (χ1v) is 7.09. The first kappa shape index (κ1) is 17.0. The summed E-state index contributed by atoms with van der Waals surface area (Å²) >= 11 is 0. The maximum atomic E-state index is 11.4. The van der Waals surface area contributed by atoms with Gasteiger partial charge in [0.05, 0.1) is 13.0 Å². The van der Waals surface area contributed by atoms with Crippen LogP contribution in [0.2, 0.25) is 0 Å². The molecule has 0 spiro atoms. The van der Waals surface area contributed by atoms with E-state index in [-0.39, 0.29) is 25.5 Å². The third kappa shape index (κ3) is 7.97. The second-order valence-electron chi connectivity index (χ2n) is 5.27. The van der Waals surface area contributed by atoms with E-state index in [0.29, 0.717) is 18.2 Å². The van der Waals surface area contributed by atoms with E-state index >= 15 is 0 Å². The Labute approximate surface area is 125 Å². The molecule has 5 nitrogen and oxygen atoms in total. The highest BCUT2D eigenvalue weighted by molar-refractivity contribution is 5.80. The summed E-state index contributed by atoms with van der Waals surface area (Å²) in [4.78, 5) is 22.8. The van der Waals surface area contributed by atoms with Crippen LogP contribution in [0.5, 0.6) is 5.75 Å². The van der Waals surface area contributed by atoms with Crippen LogP contribution in [0, 0.1) is 12.8 Å². The molecule has 1 aromatic carbocycles. The Morgan fingerprint density at radius 3 is 2.48 bits per heavy atom. The summed E-state index contributed by atoms with van der Waals surface area (Å²) in [5.41, 5.74) is 1.15. The van der Waals surface area contributed by atoms with Crippen molar-refractivity contribution in [1.82, 2.24) is 5.32 Å². The molecule has 0 aromatic heterocycles. The molecule has 0 fully saturated rings. The maximum Gasteiger partial charge on any atom is 0.309 e. The second-order valence-corrected chi connectivity index (χ2v) is 5.27. The number of amides is 1. The number of hydrogen-bond donors (Lipinski definition) is 1. The molecule has 0 unspecified atom stereocenters. The van der Waals surface area contributed by atoms with Crippen LogP contribution in [0.25, 0.3) is 0 Å². The van der Waals surface area contributed by atoms with Crippen molar-refractivity contribution in [2.45, 2.75) is 27.2 Å². The van der Waals surface area contributed by atoms with E-state index in [0.717, 1.165) is 5.56 Å². The number of esters is 1. The van der Waals surface area contributed by atoms with Gasteiger partial charge in [0, 0.05) is 6.54 Å². The largest absolute Gasteiger partial charge is 0.493 e. The van der Waals surface area contributed by atoms with Gasteiger partial charge in [-0.3, -0.25) is 9.59 Å². The first-order chi connectivity index (χ1) is 9.97. The molecule has 0 radical (unpaired) electrons. The van der Waals surface area contributed by atoms with Gasteiger partial charge < -0.3 is 14.8 Å². The van der Waals surface area contributed by atoms with Gasteiger partial charge in [0.1, 0.15) is 5.75 Å². The quantitative estimate of drug-likeness (QED) is 0.745. The molecule has 0 atom stereocenters. The summed E-state index contributed by atoms with van der Waals surface area (Å²) in [6.45, 7) is 6.55. The molecule has 5 heteroatoms. The van der Waals surface area contributed by atoms with E-state index in [1.165, 1.54) is 0 Å². The topological polar surface area (TPSA) is 64.6 Å². The lowest BCUT2D eigenvalue weighted by molar-refractivity contribution is -0.149. The number of ether oxygens (including phenoxy) is 2. The molecule has 0 aliphatic rings. The summed E-state index contributed by atoms with van der Waals surface area (Å²) in [7, 11) is 0. The van der Waals surface area contributed by atoms with Gasteiger partial charge in [-0.2, -0.15) is 0 Å². The van der Waals surface area contributed by atoms with Crippen LogP contribution in [0.15, 0.2) is 24.3 Å². The first-order valence-electron chi connectivity index (χ1n) is 7.09. The van der Waals surface area contributed by atoms with Crippen LogP contribution in [-0.4, -0.2) is 31.6 Å². The molecule has 116 valence electrons. The van der Waals surface area contributed by atoms with Gasteiger partial charge in [-0.15, -0.1) is 0 Å². The number of benzene rings is 1. The lowest BCUT2D eigenvalue weighted by atomic mass is 10.2. The molecular formula is C16H23NO4. The van der Waals surface area contributed by atoms with Gasteiger partial charge in [0.25, 0.3) is 5.91 Å². The van der Waals surface area contributed by atoms with Crippen LogP contribution in [0.3, 0.4) is 0 Å². The number of carbonyl (C=O) groups excluding carboxylic acids is 2. The molecule has 1 rings (SSSR count). The monoisotopic (exact) mass is 293 g/mol. The van der Waals surface area contributed by atoms with E-state index in [4.69, 9.17) is 9.47 Å². The third-order valence-electron chi connectivity index (χ3n) is 2.67. The highest BCUT2D eigenvalue weighted by Crippen LogP contribution is 2.11. The average Bonchev–Trinajstić information content (AvgIpc) is 2.45. The third-order valence-corrected chi connectivity index (χ3v) is 2.67. The summed E-state index contributed by atoms with van der Waals surface area (Å²) in [5, 5.41) is 2.68. The fraction of sp³-hybridized carbons (Fsp3) is 0.500. The molecule has 1 amide bonds. The maximum absolute atomic E-state index is 11.4. The Balaban J connectivity index is 2.13. The summed E-state index contributed by atoms with van der Waals surface area (Å²) < 4.78 is 10.3. The Bertz CT molecular complexity index is 454. The van der Waals surface area contributed by atoms with Crippen molar-refractivity contribution in [3.05, 3.63) is 29.8 Å². The van der Waals surface area contributed by atoms with Crippen molar-refractivity contribution in [2.24, 2.45) is 5.92 Å². The van der Waals surface area contributed by atoms with E-state index in [1.807, 2.05) is 45.0 Å². The van der Waals surface area contributed by atoms with Crippen LogP contribution < -0.4 is 10.1 Å². The fourth-order valence-corrected chi connectivity index (χ4v) is 1.47. The molecule has 0 heterocycles. The van der Waals surface area contributed by atoms with Gasteiger partial charge in [0.2, 0.25) is 0 Å². The molecule has 1 N–H and O–H groups in total. The van der Waals surface area contributed by atoms with Crippen molar-refractivity contribution < 1.29 is 19.1 Å². The normalized spacial score (nSPS) is 10.3. The highest BCUT2D eigenvalue weighted by Gasteiger charge is 2.08. The van der Waals surface area contributed by atoms with Crippen molar-refractivity contribution in [1.29, 1.82) is 0 Å². The molecular weight excluding hydrogens is 270 g/mol. The standard InChI is InChI=1S/C16H23NO4/c1-12(2)10-17-15(18)11-21-16(19)8-9-20-14-6-4-13(3)5-7-14/h4-7,12H,8-11H2,1-3H3,(H,17,18). The lowest BCUT2D eigenvalue weighted by Crippen LogP contribution is -2.31. The molecule has 0 aliphatic carbocycles. The van der Waals surface area contributed by atoms with Crippen LogP contribution >= 0.6 is 0 Å². The number of aryl methyl sites for hydroxylation is 1. The van der Waals surface area contributed by atoms with E-state index < -0.39 is 5.97 Å². The minimum absolute atomic E-state index is 0.116. The summed E-state index contributed by atoms with van der Waals surface area (Å²) in [5.74, 6) is 0.356. The summed E-state index contributed by atoms with van der Waals surface area (Å²) in [6, 6.07) is 7.57. The number of rotatable bonds is 8. The van der Waals surface area contributed by atoms with Crippen molar-refractivity contribution >= 4 is 11.9 Å². The second kappa shape index (κ2) is 9.00. The molecule has 0 saturated carbocycles. The van der Waals surface area contributed by atoms with Crippen LogP contribution in [0.4, 0.5) is 0 Å². The van der Waals surface area contributed by atoms with E-state index in [1.54, 1.807) is 0 Å². The van der Waals surface area contributed by atoms with Gasteiger partial charge in [-0.05, 0) is 25.0 Å². The predicted octanol–water partition coefficient (Wildman–Crippen LogP) is 2.08. The zero-order valence-corrected chi connectivity index (χ0v) is 12.8. The van der Waals surface area contributed by atoms with E-state index in [9.17, 15) is 9.59 Å². The highest BCUT2D eigenvalue weighted by atomic mass is 16.5. The van der Waals surface area contributed by atoms with Gasteiger partial charge in [0.15, 0.2) is 6.61 Å². The van der Waals surface area contributed by atoms with Crippen LogP contribution in [-0.2, 0) is 14.3 Å². The van der Waals surface area contributed by atoms with Gasteiger partial charge in [-0.1, -0.05) is 31.5 Å². The Hall–Kier alpha value is -2.04. The molecule has 21 heavy (non-hydrogen) atoms. The van der Waals surface area contributed by atoms with Crippen LogP contribution in [0.1, 0.15) is 25.8 Å². The minimum Gasteiger partial charge on any atom is -0.493 e. The average molecular weight is 293 g/mol. The molecule has 0 bridgehead atoms. The number of hydrogen-bond acceptors (Lipinski definition) is 4. The molecule has 1 aromatic rings. The van der Waals surface area contributed by atoms with Crippen molar-refractivity contribution in [2.75, 3.05) is 19.8 Å². The lowest BCUT2D eigenvalue weighted by Gasteiger charge is -2.09. The predicted molar refractivity (Wildman–Crippen MR) is 80.1 cm³/mol.